The molecule has 1 atom stereocenters. The van der Waals surface area contributed by atoms with Crippen LogP contribution in [0.15, 0.2) is 10.9 Å². The first-order chi connectivity index (χ1) is 12.3. The SMILES string of the molecule is CCCc1cc(C(=O)O[C@H](C)c2nc3sc(C)c(C)c3c(=O)[nH]2)sc1C. The molecule has 3 aromatic rings. The number of fused-ring (bicyclic) bond motifs is 1. The minimum Gasteiger partial charge on any atom is -0.450 e. The zero-order chi connectivity index (χ0) is 19.0. The number of carbonyl (C=O) groups is 1. The van der Waals surface area contributed by atoms with E-state index in [4.69, 9.17) is 4.74 Å². The van der Waals surface area contributed by atoms with Gasteiger partial charge in [-0.2, -0.15) is 0 Å². The number of aromatic amines is 1. The predicted octanol–water partition coefficient (Wildman–Crippen LogP) is 4.84. The van der Waals surface area contributed by atoms with Crippen molar-refractivity contribution in [2.24, 2.45) is 0 Å². The largest absolute Gasteiger partial charge is 0.450 e. The fourth-order valence-corrected chi connectivity index (χ4v) is 4.87. The second kappa shape index (κ2) is 7.32. The average molecular weight is 391 g/mol. The Morgan fingerprint density at radius 1 is 1.27 bits per heavy atom. The van der Waals surface area contributed by atoms with Gasteiger partial charge in [0.05, 0.1) is 5.39 Å². The summed E-state index contributed by atoms with van der Waals surface area (Å²) < 4.78 is 5.55. The summed E-state index contributed by atoms with van der Waals surface area (Å²) in [5.74, 6) is -0.00611. The molecule has 0 fully saturated rings. The number of hydrogen-bond acceptors (Lipinski definition) is 6. The molecule has 3 heterocycles. The average Bonchev–Trinajstić information content (AvgIpc) is 3.08. The van der Waals surface area contributed by atoms with Gasteiger partial charge in [-0.3, -0.25) is 4.79 Å². The van der Waals surface area contributed by atoms with Gasteiger partial charge >= 0.3 is 5.97 Å². The highest BCUT2D eigenvalue weighted by Gasteiger charge is 2.20. The number of H-pyrrole nitrogens is 1. The number of nitrogens with one attached hydrogen (secondary N) is 1. The van der Waals surface area contributed by atoms with Crippen molar-refractivity contribution in [2.75, 3.05) is 0 Å². The Labute approximate surface area is 160 Å². The lowest BCUT2D eigenvalue weighted by Gasteiger charge is -2.11. The highest BCUT2D eigenvalue weighted by molar-refractivity contribution is 7.18. The summed E-state index contributed by atoms with van der Waals surface area (Å²) in [4.78, 5) is 35.6. The predicted molar refractivity (Wildman–Crippen MR) is 107 cm³/mol. The van der Waals surface area contributed by atoms with Crippen LogP contribution in [0.4, 0.5) is 0 Å². The lowest BCUT2D eigenvalue weighted by atomic mass is 10.1. The first kappa shape index (κ1) is 18.8. The summed E-state index contributed by atoms with van der Waals surface area (Å²) >= 11 is 2.93. The van der Waals surface area contributed by atoms with E-state index >= 15 is 0 Å². The van der Waals surface area contributed by atoms with E-state index in [2.05, 4.69) is 16.9 Å². The first-order valence-corrected chi connectivity index (χ1v) is 10.2. The van der Waals surface area contributed by atoms with Gasteiger partial charge < -0.3 is 9.72 Å². The Balaban J connectivity index is 1.84. The van der Waals surface area contributed by atoms with Crippen molar-refractivity contribution < 1.29 is 9.53 Å². The van der Waals surface area contributed by atoms with E-state index in [0.29, 0.717) is 20.9 Å². The van der Waals surface area contributed by atoms with Crippen LogP contribution in [-0.2, 0) is 11.2 Å². The molecule has 0 spiro atoms. The number of carbonyl (C=O) groups excluding carboxylic acids is 1. The number of aryl methyl sites for hydroxylation is 4. The van der Waals surface area contributed by atoms with Crippen molar-refractivity contribution in [2.45, 2.75) is 53.6 Å². The van der Waals surface area contributed by atoms with Crippen LogP contribution in [0, 0.1) is 20.8 Å². The maximum Gasteiger partial charge on any atom is 0.349 e. The lowest BCUT2D eigenvalue weighted by molar-refractivity contribution is 0.0326. The van der Waals surface area contributed by atoms with E-state index in [1.165, 1.54) is 28.2 Å². The van der Waals surface area contributed by atoms with E-state index < -0.39 is 6.10 Å². The molecule has 0 amide bonds. The number of thiophene rings is 2. The van der Waals surface area contributed by atoms with Crippen LogP contribution in [-0.4, -0.2) is 15.9 Å². The zero-order valence-electron chi connectivity index (χ0n) is 15.6. The van der Waals surface area contributed by atoms with Gasteiger partial charge in [0.2, 0.25) is 0 Å². The van der Waals surface area contributed by atoms with Gasteiger partial charge in [-0.15, -0.1) is 22.7 Å². The highest BCUT2D eigenvalue weighted by Crippen LogP contribution is 2.28. The molecule has 3 rings (SSSR count). The van der Waals surface area contributed by atoms with Crippen molar-refractivity contribution in [1.82, 2.24) is 9.97 Å². The number of esters is 1. The summed E-state index contributed by atoms with van der Waals surface area (Å²) in [5.41, 5.74) is 1.95. The quantitative estimate of drug-likeness (QED) is 0.633. The molecule has 5 nitrogen and oxygen atoms in total. The molecule has 26 heavy (non-hydrogen) atoms. The van der Waals surface area contributed by atoms with Crippen LogP contribution in [0.25, 0.3) is 10.2 Å². The van der Waals surface area contributed by atoms with Crippen LogP contribution in [0.1, 0.15) is 62.7 Å². The summed E-state index contributed by atoms with van der Waals surface area (Å²) in [5, 5.41) is 0.618. The molecule has 3 aromatic heterocycles. The van der Waals surface area contributed by atoms with Crippen LogP contribution < -0.4 is 5.56 Å². The molecule has 0 unspecified atom stereocenters. The molecule has 138 valence electrons. The van der Waals surface area contributed by atoms with E-state index in [-0.39, 0.29) is 11.5 Å². The summed E-state index contributed by atoms with van der Waals surface area (Å²) in [7, 11) is 0. The van der Waals surface area contributed by atoms with Crippen molar-refractivity contribution in [3.63, 3.8) is 0 Å². The van der Waals surface area contributed by atoms with Crippen molar-refractivity contribution >= 4 is 38.9 Å². The third-order valence-electron chi connectivity index (χ3n) is 4.47. The Morgan fingerprint density at radius 3 is 2.69 bits per heavy atom. The molecule has 0 saturated carbocycles. The Morgan fingerprint density at radius 2 is 2.00 bits per heavy atom. The topological polar surface area (TPSA) is 72.0 Å². The summed E-state index contributed by atoms with van der Waals surface area (Å²) in [6, 6.07) is 1.91. The Hall–Kier alpha value is -1.99. The molecule has 0 radical (unpaired) electrons. The van der Waals surface area contributed by atoms with Crippen LogP contribution in [0.3, 0.4) is 0 Å². The van der Waals surface area contributed by atoms with E-state index in [9.17, 15) is 9.59 Å². The summed E-state index contributed by atoms with van der Waals surface area (Å²) in [6.45, 7) is 9.74. The molecular weight excluding hydrogens is 368 g/mol. The van der Waals surface area contributed by atoms with Crippen molar-refractivity contribution in [1.29, 1.82) is 0 Å². The zero-order valence-corrected chi connectivity index (χ0v) is 17.2. The molecule has 0 aliphatic rings. The van der Waals surface area contributed by atoms with Gasteiger partial charge in [0, 0.05) is 9.75 Å². The lowest BCUT2D eigenvalue weighted by Crippen LogP contribution is -2.17. The van der Waals surface area contributed by atoms with Gasteiger partial charge in [-0.05, 0) is 51.3 Å². The smallest absolute Gasteiger partial charge is 0.349 e. The molecule has 0 aliphatic heterocycles. The van der Waals surface area contributed by atoms with Crippen LogP contribution >= 0.6 is 22.7 Å². The number of rotatable bonds is 5. The number of aromatic nitrogens is 2. The normalized spacial score (nSPS) is 12.5. The van der Waals surface area contributed by atoms with Crippen molar-refractivity contribution in [3.8, 4) is 0 Å². The molecule has 0 aliphatic carbocycles. The molecule has 0 bridgehead atoms. The number of hydrogen-bond donors (Lipinski definition) is 1. The fourth-order valence-electron chi connectivity index (χ4n) is 2.88. The van der Waals surface area contributed by atoms with E-state index in [1.54, 1.807) is 6.92 Å². The van der Waals surface area contributed by atoms with Gasteiger partial charge in [0.15, 0.2) is 11.9 Å². The first-order valence-electron chi connectivity index (χ1n) is 8.62. The second-order valence-corrected chi connectivity index (χ2v) is 8.86. The minimum atomic E-state index is -0.626. The third kappa shape index (κ3) is 3.46. The van der Waals surface area contributed by atoms with Gasteiger partial charge in [0.1, 0.15) is 9.71 Å². The minimum absolute atomic E-state index is 0.188. The fraction of sp³-hybridized carbons (Fsp3) is 0.421. The molecule has 1 N–H and O–H groups in total. The Bertz CT molecular complexity index is 1030. The molecule has 0 aromatic carbocycles. The molecule has 7 heteroatoms. The third-order valence-corrected chi connectivity index (χ3v) is 6.64. The van der Waals surface area contributed by atoms with Gasteiger partial charge in [0.25, 0.3) is 5.56 Å². The van der Waals surface area contributed by atoms with E-state index in [0.717, 1.165) is 28.2 Å². The maximum atomic E-state index is 12.5. The number of nitrogens with zero attached hydrogens (tertiary/aromatic N) is 1. The maximum absolute atomic E-state index is 12.5. The van der Waals surface area contributed by atoms with Crippen molar-refractivity contribution in [3.05, 3.63) is 48.0 Å². The standard InChI is InChI=1S/C19H22N2O3S2/c1-6-7-13-8-14(25-12(13)5)19(23)24-10(3)16-20-17(22)15-9(2)11(4)26-18(15)21-16/h8,10H,6-7H2,1-5H3,(H,20,21,22)/t10-/m1/s1. The summed E-state index contributed by atoms with van der Waals surface area (Å²) in [6.07, 6.45) is 1.36. The Kier molecular flexibility index (Phi) is 5.29. The number of ether oxygens (including phenoxy) is 1. The van der Waals surface area contributed by atoms with Gasteiger partial charge in [-0.25, -0.2) is 9.78 Å². The molecular formula is C19H22N2O3S2. The van der Waals surface area contributed by atoms with Crippen LogP contribution in [0.2, 0.25) is 0 Å². The monoisotopic (exact) mass is 390 g/mol. The highest BCUT2D eigenvalue weighted by atomic mass is 32.1. The second-order valence-electron chi connectivity index (χ2n) is 6.40. The van der Waals surface area contributed by atoms with Gasteiger partial charge in [-0.1, -0.05) is 13.3 Å². The van der Waals surface area contributed by atoms with Crippen LogP contribution in [0.5, 0.6) is 0 Å². The molecule has 0 saturated heterocycles. The van der Waals surface area contributed by atoms with E-state index in [1.807, 2.05) is 26.8 Å².